The number of rotatable bonds is 6. The Balaban J connectivity index is 1.90. The van der Waals surface area contributed by atoms with E-state index < -0.39 is 38.6 Å². The highest BCUT2D eigenvalue weighted by Crippen LogP contribution is 2.37. The van der Waals surface area contributed by atoms with Crippen molar-refractivity contribution in [1.82, 2.24) is 4.31 Å². The van der Waals surface area contributed by atoms with Gasteiger partial charge in [-0.25, -0.2) is 8.42 Å². The van der Waals surface area contributed by atoms with Gasteiger partial charge in [0.1, 0.15) is 11.8 Å². The average molecular weight is 442 g/mol. The van der Waals surface area contributed by atoms with Gasteiger partial charge in [0, 0.05) is 6.54 Å². The zero-order chi connectivity index (χ0) is 21.9. The van der Waals surface area contributed by atoms with Crippen LogP contribution in [0.2, 0.25) is 0 Å². The van der Waals surface area contributed by atoms with Crippen LogP contribution in [0.1, 0.15) is 25.3 Å². The molecule has 1 heterocycles. The Labute approximate surface area is 172 Å². The van der Waals surface area contributed by atoms with Crippen LogP contribution in [0.3, 0.4) is 0 Å². The molecule has 2 aromatic rings. The van der Waals surface area contributed by atoms with Crippen LogP contribution in [-0.2, 0) is 21.0 Å². The van der Waals surface area contributed by atoms with E-state index in [-0.39, 0.29) is 13.0 Å². The Bertz CT molecular complexity index is 1020. The number of ether oxygens (including phenoxy) is 1. The fourth-order valence-electron chi connectivity index (χ4n) is 3.41. The molecule has 0 unspecified atom stereocenters. The number of sulfonamides is 1. The molecule has 1 saturated heterocycles. The van der Waals surface area contributed by atoms with Gasteiger partial charge < -0.3 is 10.1 Å². The third-order valence-corrected chi connectivity index (χ3v) is 6.70. The molecule has 1 atom stereocenters. The van der Waals surface area contributed by atoms with Crippen molar-refractivity contribution in [2.45, 2.75) is 36.9 Å². The highest BCUT2D eigenvalue weighted by molar-refractivity contribution is 7.89. The lowest BCUT2D eigenvalue weighted by atomic mass is 10.2. The number of alkyl halides is 3. The summed E-state index contributed by atoms with van der Waals surface area (Å²) in [4.78, 5) is 12.0. The van der Waals surface area contributed by atoms with Crippen molar-refractivity contribution in [3.63, 3.8) is 0 Å². The summed E-state index contributed by atoms with van der Waals surface area (Å²) in [5.74, 6) is -0.198. The minimum absolute atomic E-state index is 0.0419. The molecule has 0 spiro atoms. The number of nitrogens with zero attached hydrogens (tertiary/aromatic N) is 1. The van der Waals surface area contributed by atoms with Gasteiger partial charge in [-0.05, 0) is 44.0 Å². The molecule has 0 radical (unpaired) electrons. The Morgan fingerprint density at radius 3 is 2.53 bits per heavy atom. The topological polar surface area (TPSA) is 75.7 Å². The minimum Gasteiger partial charge on any atom is -0.492 e. The van der Waals surface area contributed by atoms with Crippen LogP contribution < -0.4 is 10.1 Å². The largest absolute Gasteiger partial charge is 0.492 e. The second-order valence-corrected chi connectivity index (χ2v) is 8.55. The van der Waals surface area contributed by atoms with Gasteiger partial charge in [0.2, 0.25) is 15.9 Å². The van der Waals surface area contributed by atoms with Crippen molar-refractivity contribution in [3.05, 3.63) is 54.1 Å². The van der Waals surface area contributed by atoms with Crippen LogP contribution in [0.15, 0.2) is 53.4 Å². The van der Waals surface area contributed by atoms with Crippen molar-refractivity contribution in [2.24, 2.45) is 0 Å². The summed E-state index contributed by atoms with van der Waals surface area (Å²) in [5.41, 5.74) is -0.887. The van der Waals surface area contributed by atoms with E-state index in [1.807, 2.05) is 0 Å². The van der Waals surface area contributed by atoms with Crippen LogP contribution in [0.4, 0.5) is 18.9 Å². The third-order valence-electron chi connectivity index (χ3n) is 4.73. The summed E-state index contributed by atoms with van der Waals surface area (Å²) in [7, 11) is -4.54. The van der Waals surface area contributed by atoms with Crippen LogP contribution in [0, 0.1) is 0 Å². The fourth-order valence-corrected chi connectivity index (χ4v) is 5.28. The maximum atomic E-state index is 13.3. The maximum Gasteiger partial charge on any atom is 0.417 e. The predicted molar refractivity (Wildman–Crippen MR) is 105 cm³/mol. The third kappa shape index (κ3) is 4.44. The molecule has 10 heteroatoms. The van der Waals surface area contributed by atoms with Gasteiger partial charge in [0.15, 0.2) is 0 Å². The molecule has 1 aliphatic heterocycles. The van der Waals surface area contributed by atoms with E-state index in [4.69, 9.17) is 4.74 Å². The molecule has 1 N–H and O–H groups in total. The summed E-state index contributed by atoms with van der Waals surface area (Å²) >= 11 is 0. The second kappa shape index (κ2) is 8.65. The Kier molecular flexibility index (Phi) is 6.37. The molecule has 30 heavy (non-hydrogen) atoms. The lowest BCUT2D eigenvalue weighted by molar-refractivity contribution is -0.139. The number of amides is 1. The van der Waals surface area contributed by atoms with Crippen molar-refractivity contribution in [1.29, 1.82) is 0 Å². The number of anilines is 1. The molecule has 162 valence electrons. The summed E-state index contributed by atoms with van der Waals surface area (Å²) in [6.07, 6.45) is -4.27. The van der Waals surface area contributed by atoms with E-state index in [0.29, 0.717) is 24.5 Å². The summed E-state index contributed by atoms with van der Waals surface area (Å²) < 4.78 is 72.5. The quantitative estimate of drug-likeness (QED) is 0.737. The van der Waals surface area contributed by atoms with Crippen molar-refractivity contribution >= 4 is 21.6 Å². The second-order valence-electron chi connectivity index (χ2n) is 6.69. The SMILES string of the molecule is CCOc1ccccc1NC(=O)[C@H]1CCCN1S(=O)(=O)c1ccccc1C(F)(F)F. The van der Waals surface area contributed by atoms with E-state index in [9.17, 15) is 26.4 Å². The van der Waals surface area contributed by atoms with E-state index in [0.717, 1.165) is 22.5 Å². The van der Waals surface area contributed by atoms with Gasteiger partial charge in [0.25, 0.3) is 0 Å². The molecule has 6 nitrogen and oxygen atoms in total. The smallest absolute Gasteiger partial charge is 0.417 e. The van der Waals surface area contributed by atoms with Gasteiger partial charge in [-0.15, -0.1) is 0 Å². The number of hydrogen-bond donors (Lipinski definition) is 1. The number of carbonyl (C=O) groups is 1. The molecular formula is C20H21F3N2O4S. The van der Waals surface area contributed by atoms with Crippen molar-refractivity contribution in [2.75, 3.05) is 18.5 Å². The summed E-state index contributed by atoms with van der Waals surface area (Å²) in [6, 6.07) is 9.53. The highest BCUT2D eigenvalue weighted by Gasteiger charge is 2.44. The van der Waals surface area contributed by atoms with Gasteiger partial charge in [-0.3, -0.25) is 4.79 Å². The lowest BCUT2D eigenvalue weighted by Crippen LogP contribution is -2.43. The molecule has 0 aliphatic carbocycles. The standard InChI is InChI=1S/C20H21F3N2O4S/c1-2-29-17-11-5-4-9-15(17)24-19(26)16-10-7-13-25(16)30(27,28)18-12-6-3-8-14(18)20(21,22)23/h3-6,8-9,11-12,16H,2,7,10,13H2,1H3,(H,24,26)/t16-/m1/s1. The van der Waals surface area contributed by atoms with E-state index in [1.165, 1.54) is 6.07 Å². The number of para-hydroxylation sites is 2. The Morgan fingerprint density at radius 1 is 1.17 bits per heavy atom. The summed E-state index contributed by atoms with van der Waals surface area (Å²) in [5, 5.41) is 2.64. The first-order chi connectivity index (χ1) is 14.2. The van der Waals surface area contributed by atoms with Crippen LogP contribution in [0.25, 0.3) is 0 Å². The van der Waals surface area contributed by atoms with E-state index in [2.05, 4.69) is 5.32 Å². The highest BCUT2D eigenvalue weighted by atomic mass is 32.2. The average Bonchev–Trinajstić information content (AvgIpc) is 3.20. The molecule has 2 aromatic carbocycles. The Hall–Kier alpha value is -2.59. The van der Waals surface area contributed by atoms with Crippen molar-refractivity contribution in [3.8, 4) is 5.75 Å². The van der Waals surface area contributed by atoms with Crippen LogP contribution in [-0.4, -0.2) is 37.8 Å². The molecule has 3 rings (SSSR count). The van der Waals surface area contributed by atoms with Gasteiger partial charge in [0.05, 0.1) is 22.8 Å². The normalized spacial score (nSPS) is 17.7. The van der Waals surface area contributed by atoms with E-state index >= 15 is 0 Å². The molecule has 1 fully saturated rings. The number of halogens is 3. The maximum absolute atomic E-state index is 13.3. The van der Waals surface area contributed by atoms with Crippen molar-refractivity contribution < 1.29 is 31.1 Å². The Morgan fingerprint density at radius 2 is 1.83 bits per heavy atom. The molecule has 1 amide bonds. The van der Waals surface area contributed by atoms with Crippen LogP contribution >= 0.6 is 0 Å². The minimum atomic E-state index is -4.84. The molecule has 0 bridgehead atoms. The molecule has 1 aliphatic rings. The summed E-state index contributed by atoms with van der Waals surface area (Å²) in [6.45, 7) is 2.10. The first-order valence-corrected chi connectivity index (χ1v) is 10.8. The predicted octanol–water partition coefficient (Wildman–Crippen LogP) is 3.90. The molecular weight excluding hydrogens is 421 g/mol. The van der Waals surface area contributed by atoms with Crippen LogP contribution in [0.5, 0.6) is 5.75 Å². The monoisotopic (exact) mass is 442 g/mol. The van der Waals surface area contributed by atoms with Gasteiger partial charge in [-0.1, -0.05) is 24.3 Å². The van der Waals surface area contributed by atoms with E-state index in [1.54, 1.807) is 31.2 Å². The number of carbonyl (C=O) groups excluding carboxylic acids is 1. The number of hydrogen-bond acceptors (Lipinski definition) is 4. The van der Waals surface area contributed by atoms with Gasteiger partial charge >= 0.3 is 6.18 Å². The number of benzene rings is 2. The van der Waals surface area contributed by atoms with Gasteiger partial charge in [-0.2, -0.15) is 17.5 Å². The molecule has 0 aromatic heterocycles. The zero-order valence-electron chi connectivity index (χ0n) is 16.1. The molecule has 0 saturated carbocycles. The number of nitrogens with one attached hydrogen (secondary N) is 1. The fraction of sp³-hybridized carbons (Fsp3) is 0.350. The first-order valence-electron chi connectivity index (χ1n) is 9.37. The first kappa shape index (κ1) is 22.1. The lowest BCUT2D eigenvalue weighted by Gasteiger charge is -2.25. The zero-order valence-corrected chi connectivity index (χ0v) is 17.0.